The number of aromatic nitrogens is 2. The topological polar surface area (TPSA) is 95.2 Å². The van der Waals surface area contributed by atoms with Gasteiger partial charge in [0, 0.05) is 47.7 Å². The van der Waals surface area contributed by atoms with E-state index >= 15 is 0 Å². The van der Waals surface area contributed by atoms with Gasteiger partial charge in [0.2, 0.25) is 0 Å². The van der Waals surface area contributed by atoms with Crippen molar-refractivity contribution in [3.05, 3.63) is 155 Å². The predicted octanol–water partition coefficient (Wildman–Crippen LogP) is 7.68. The Morgan fingerprint density at radius 3 is 2.16 bits per heavy atom. The molecule has 1 aromatic heterocycles. The molecule has 0 spiro atoms. The molecule has 1 heterocycles. The number of imidazole rings is 1. The van der Waals surface area contributed by atoms with Crippen LogP contribution in [0.3, 0.4) is 0 Å². The standard InChI is InChI=1S/C38H30N4O3/c1-42(2)30-20-12-25(13-21-30)14-23-35(43)26-15-18-29(19-16-26)39-38(45)32-11-7-6-10-31(32)37-40-33-22-17-28(24-34(33)41-37)36(44)27-8-4-3-5-9-27/h3-24H,1-2H3,(H,39,45)(H,40,41)/b23-14+. The van der Waals surface area contributed by atoms with E-state index in [2.05, 4.69) is 10.3 Å². The Kier molecular flexibility index (Phi) is 8.16. The average Bonchev–Trinajstić information content (AvgIpc) is 3.51. The molecule has 0 atom stereocenters. The number of carbonyl (C=O) groups is 3. The van der Waals surface area contributed by atoms with Crippen LogP contribution in [0.4, 0.5) is 11.4 Å². The summed E-state index contributed by atoms with van der Waals surface area (Å²) in [4.78, 5) is 49.1. The average molecular weight is 591 g/mol. The third-order valence-corrected chi connectivity index (χ3v) is 7.47. The maximum atomic E-state index is 13.4. The van der Waals surface area contributed by atoms with Gasteiger partial charge in [-0.1, -0.05) is 66.7 Å². The predicted molar refractivity (Wildman–Crippen MR) is 180 cm³/mol. The lowest BCUT2D eigenvalue weighted by atomic mass is 10.0. The van der Waals surface area contributed by atoms with Crippen LogP contribution >= 0.6 is 0 Å². The highest BCUT2D eigenvalue weighted by Gasteiger charge is 2.17. The van der Waals surface area contributed by atoms with E-state index in [4.69, 9.17) is 4.98 Å². The molecule has 7 heteroatoms. The summed E-state index contributed by atoms with van der Waals surface area (Å²) in [6, 6.07) is 36.4. The van der Waals surface area contributed by atoms with E-state index in [0.717, 1.165) is 16.8 Å². The minimum absolute atomic E-state index is 0.0829. The van der Waals surface area contributed by atoms with Gasteiger partial charge >= 0.3 is 0 Å². The van der Waals surface area contributed by atoms with Crippen molar-refractivity contribution in [2.24, 2.45) is 0 Å². The first-order valence-electron chi connectivity index (χ1n) is 14.5. The summed E-state index contributed by atoms with van der Waals surface area (Å²) in [7, 11) is 3.96. The van der Waals surface area contributed by atoms with Gasteiger partial charge in [0.25, 0.3) is 5.91 Å². The molecule has 0 aliphatic carbocycles. The summed E-state index contributed by atoms with van der Waals surface area (Å²) in [5.41, 5.74) is 6.67. The molecule has 0 radical (unpaired) electrons. The van der Waals surface area contributed by atoms with Crippen molar-refractivity contribution < 1.29 is 14.4 Å². The molecule has 0 aliphatic heterocycles. The molecular formula is C38H30N4O3. The quantitative estimate of drug-likeness (QED) is 0.133. The zero-order valence-corrected chi connectivity index (χ0v) is 24.8. The van der Waals surface area contributed by atoms with E-state index in [9.17, 15) is 14.4 Å². The molecule has 0 saturated heterocycles. The van der Waals surface area contributed by atoms with Crippen LogP contribution in [-0.2, 0) is 0 Å². The van der Waals surface area contributed by atoms with Crippen molar-refractivity contribution in [3.8, 4) is 11.4 Å². The van der Waals surface area contributed by atoms with Crippen molar-refractivity contribution >= 4 is 46.0 Å². The second-order valence-corrected chi connectivity index (χ2v) is 10.8. The normalized spacial score (nSPS) is 11.1. The Bertz CT molecular complexity index is 2040. The van der Waals surface area contributed by atoms with E-state index in [-0.39, 0.29) is 17.5 Å². The summed E-state index contributed by atoms with van der Waals surface area (Å²) in [6.07, 6.45) is 3.33. The molecule has 5 aromatic carbocycles. The highest BCUT2D eigenvalue weighted by Crippen LogP contribution is 2.26. The molecule has 2 N–H and O–H groups in total. The highest BCUT2D eigenvalue weighted by atomic mass is 16.1. The lowest BCUT2D eigenvalue weighted by Gasteiger charge is -2.11. The largest absolute Gasteiger partial charge is 0.378 e. The molecule has 220 valence electrons. The van der Waals surface area contributed by atoms with Gasteiger partial charge in [-0.2, -0.15) is 0 Å². The molecular weight excluding hydrogens is 560 g/mol. The first kappa shape index (κ1) is 29.0. The van der Waals surface area contributed by atoms with E-state index in [0.29, 0.717) is 44.8 Å². The van der Waals surface area contributed by atoms with Gasteiger partial charge in [0.05, 0.1) is 16.6 Å². The fraction of sp³-hybridized carbons (Fsp3) is 0.0526. The number of ketones is 2. The number of aromatic amines is 1. The first-order valence-corrected chi connectivity index (χ1v) is 14.5. The molecule has 0 saturated carbocycles. The van der Waals surface area contributed by atoms with Crippen LogP contribution in [0.25, 0.3) is 28.5 Å². The SMILES string of the molecule is CN(C)c1ccc(/C=C/C(=O)c2ccc(NC(=O)c3ccccc3-c3nc4cc(C(=O)c5ccccc5)ccc4[nH]3)cc2)cc1. The summed E-state index contributed by atoms with van der Waals surface area (Å²) in [5.74, 6) is -0.0100. The van der Waals surface area contributed by atoms with Gasteiger partial charge in [0.15, 0.2) is 11.6 Å². The number of nitrogens with one attached hydrogen (secondary N) is 2. The number of allylic oxidation sites excluding steroid dienone is 1. The second kappa shape index (κ2) is 12.7. The number of H-pyrrole nitrogens is 1. The van der Waals surface area contributed by atoms with Gasteiger partial charge in [-0.05, 0) is 72.3 Å². The molecule has 7 nitrogen and oxygen atoms in total. The summed E-state index contributed by atoms with van der Waals surface area (Å²) in [5, 5.41) is 2.92. The fourth-order valence-corrected chi connectivity index (χ4v) is 4.99. The van der Waals surface area contributed by atoms with E-state index in [1.807, 2.05) is 79.7 Å². The van der Waals surface area contributed by atoms with Crippen LogP contribution in [0, 0.1) is 0 Å². The fourth-order valence-electron chi connectivity index (χ4n) is 4.99. The third kappa shape index (κ3) is 6.48. The Labute approximate surface area is 260 Å². The number of amides is 1. The lowest BCUT2D eigenvalue weighted by Crippen LogP contribution is -2.13. The highest BCUT2D eigenvalue weighted by molar-refractivity contribution is 6.11. The molecule has 45 heavy (non-hydrogen) atoms. The molecule has 0 bridgehead atoms. The van der Waals surface area contributed by atoms with Crippen molar-refractivity contribution in [2.45, 2.75) is 0 Å². The van der Waals surface area contributed by atoms with Crippen molar-refractivity contribution in [1.29, 1.82) is 0 Å². The van der Waals surface area contributed by atoms with Gasteiger partial charge in [0.1, 0.15) is 5.82 Å². The van der Waals surface area contributed by atoms with Crippen LogP contribution in [0.2, 0.25) is 0 Å². The van der Waals surface area contributed by atoms with Crippen LogP contribution in [0.5, 0.6) is 0 Å². The third-order valence-electron chi connectivity index (χ3n) is 7.47. The van der Waals surface area contributed by atoms with Crippen molar-refractivity contribution in [3.63, 3.8) is 0 Å². The first-order chi connectivity index (χ1) is 21.9. The van der Waals surface area contributed by atoms with E-state index in [1.165, 1.54) is 0 Å². The maximum absolute atomic E-state index is 13.4. The number of carbonyl (C=O) groups excluding carboxylic acids is 3. The Balaban J connectivity index is 1.16. The summed E-state index contributed by atoms with van der Waals surface area (Å²) < 4.78 is 0. The minimum atomic E-state index is -0.314. The second-order valence-electron chi connectivity index (χ2n) is 10.8. The number of benzene rings is 5. The van der Waals surface area contributed by atoms with Gasteiger partial charge < -0.3 is 15.2 Å². The van der Waals surface area contributed by atoms with Gasteiger partial charge in [-0.25, -0.2) is 4.98 Å². The number of rotatable bonds is 9. The monoisotopic (exact) mass is 590 g/mol. The number of nitrogens with zero attached hydrogens (tertiary/aromatic N) is 2. The van der Waals surface area contributed by atoms with Gasteiger partial charge in [-0.3, -0.25) is 14.4 Å². The van der Waals surface area contributed by atoms with Crippen molar-refractivity contribution in [2.75, 3.05) is 24.3 Å². The minimum Gasteiger partial charge on any atom is -0.378 e. The molecule has 0 aliphatic rings. The van der Waals surface area contributed by atoms with E-state index < -0.39 is 0 Å². The van der Waals surface area contributed by atoms with E-state index in [1.54, 1.807) is 72.8 Å². The molecule has 1 amide bonds. The zero-order valence-electron chi connectivity index (χ0n) is 24.8. The lowest BCUT2D eigenvalue weighted by molar-refractivity contribution is 0.102. The molecule has 6 aromatic rings. The van der Waals surface area contributed by atoms with Crippen LogP contribution in [0.1, 0.15) is 42.2 Å². The Hall–Kier alpha value is -6.08. The zero-order chi connectivity index (χ0) is 31.3. The van der Waals surface area contributed by atoms with Gasteiger partial charge in [-0.15, -0.1) is 0 Å². The Morgan fingerprint density at radius 2 is 1.42 bits per heavy atom. The number of fused-ring (bicyclic) bond motifs is 1. The smallest absolute Gasteiger partial charge is 0.256 e. The summed E-state index contributed by atoms with van der Waals surface area (Å²) >= 11 is 0. The van der Waals surface area contributed by atoms with Crippen LogP contribution < -0.4 is 10.2 Å². The molecule has 0 fully saturated rings. The Morgan fingerprint density at radius 1 is 0.733 bits per heavy atom. The van der Waals surface area contributed by atoms with Crippen molar-refractivity contribution in [1.82, 2.24) is 9.97 Å². The van der Waals surface area contributed by atoms with Crippen LogP contribution in [0.15, 0.2) is 127 Å². The number of anilines is 2. The molecule has 6 rings (SSSR count). The van der Waals surface area contributed by atoms with Crippen LogP contribution in [-0.4, -0.2) is 41.5 Å². The molecule has 0 unspecified atom stereocenters. The summed E-state index contributed by atoms with van der Waals surface area (Å²) in [6.45, 7) is 0. The maximum Gasteiger partial charge on any atom is 0.256 e. The number of hydrogen-bond acceptors (Lipinski definition) is 5. The number of hydrogen-bond donors (Lipinski definition) is 2.